The van der Waals surface area contributed by atoms with Crippen LogP contribution in [0.3, 0.4) is 0 Å². The second-order valence-corrected chi connectivity index (χ2v) is 4.84. The number of nitrogens with one attached hydrogen (secondary N) is 1. The van der Waals surface area contributed by atoms with Crippen LogP contribution in [0.4, 0.5) is 0 Å². The Bertz CT molecular complexity index is 219. The van der Waals surface area contributed by atoms with Crippen LogP contribution in [-0.4, -0.2) is 25.8 Å². The van der Waals surface area contributed by atoms with Gasteiger partial charge in [0.2, 0.25) is 0 Å². The lowest BCUT2D eigenvalue weighted by Gasteiger charge is -2.35. The summed E-state index contributed by atoms with van der Waals surface area (Å²) < 4.78 is 5.26. The first-order valence-corrected chi connectivity index (χ1v) is 6.32. The first-order chi connectivity index (χ1) is 7.38. The van der Waals surface area contributed by atoms with Gasteiger partial charge in [0.1, 0.15) is 0 Å². The average Bonchev–Trinajstić information content (AvgIpc) is 2.23. The van der Waals surface area contributed by atoms with Crippen LogP contribution in [0.15, 0.2) is 11.6 Å². The zero-order chi connectivity index (χ0) is 10.5. The zero-order valence-corrected chi connectivity index (χ0v) is 9.80. The van der Waals surface area contributed by atoms with Crippen molar-refractivity contribution in [3.05, 3.63) is 11.6 Å². The predicted molar refractivity (Wildman–Crippen MR) is 63.0 cm³/mol. The van der Waals surface area contributed by atoms with Crippen molar-refractivity contribution in [3.63, 3.8) is 0 Å². The summed E-state index contributed by atoms with van der Waals surface area (Å²) in [6.45, 7) is 1.16. The Morgan fingerprint density at radius 1 is 1.40 bits per heavy atom. The van der Waals surface area contributed by atoms with Gasteiger partial charge in [0.05, 0.1) is 6.10 Å². The molecular weight excluding hydrogens is 186 g/mol. The van der Waals surface area contributed by atoms with Crippen molar-refractivity contribution in [3.8, 4) is 0 Å². The second kappa shape index (κ2) is 5.66. The fourth-order valence-electron chi connectivity index (χ4n) is 2.49. The van der Waals surface area contributed by atoms with Crippen molar-refractivity contribution in [1.82, 2.24) is 5.32 Å². The SMILES string of the molecule is COC1CC(NCCC2=CCCCC2)C1. The number of rotatable bonds is 5. The maximum Gasteiger partial charge on any atom is 0.0601 e. The summed E-state index contributed by atoms with van der Waals surface area (Å²) in [5, 5.41) is 3.61. The van der Waals surface area contributed by atoms with Crippen LogP contribution in [0.25, 0.3) is 0 Å². The van der Waals surface area contributed by atoms with Crippen LogP contribution in [0, 0.1) is 0 Å². The van der Waals surface area contributed by atoms with Crippen LogP contribution < -0.4 is 5.32 Å². The molecule has 2 aliphatic carbocycles. The molecule has 1 N–H and O–H groups in total. The highest BCUT2D eigenvalue weighted by Crippen LogP contribution is 2.23. The van der Waals surface area contributed by atoms with E-state index in [0.29, 0.717) is 6.10 Å². The average molecular weight is 209 g/mol. The molecule has 1 saturated carbocycles. The molecule has 86 valence electrons. The largest absolute Gasteiger partial charge is 0.381 e. The van der Waals surface area contributed by atoms with Gasteiger partial charge in [-0.05, 0) is 51.5 Å². The van der Waals surface area contributed by atoms with E-state index in [9.17, 15) is 0 Å². The molecule has 1 fully saturated rings. The van der Waals surface area contributed by atoms with Gasteiger partial charge in [-0.3, -0.25) is 0 Å². The van der Waals surface area contributed by atoms with Gasteiger partial charge in [-0.25, -0.2) is 0 Å². The van der Waals surface area contributed by atoms with Crippen molar-refractivity contribution in [2.24, 2.45) is 0 Å². The summed E-state index contributed by atoms with van der Waals surface area (Å²) in [7, 11) is 1.81. The molecule has 0 bridgehead atoms. The molecule has 2 nitrogen and oxygen atoms in total. The number of hydrogen-bond acceptors (Lipinski definition) is 2. The molecule has 15 heavy (non-hydrogen) atoms. The molecule has 2 aliphatic rings. The van der Waals surface area contributed by atoms with E-state index in [-0.39, 0.29) is 0 Å². The molecule has 2 rings (SSSR count). The van der Waals surface area contributed by atoms with Gasteiger partial charge in [-0.15, -0.1) is 0 Å². The molecule has 0 aliphatic heterocycles. The topological polar surface area (TPSA) is 21.3 Å². The normalized spacial score (nSPS) is 30.9. The quantitative estimate of drug-likeness (QED) is 0.703. The van der Waals surface area contributed by atoms with Crippen LogP contribution in [0.2, 0.25) is 0 Å². The van der Waals surface area contributed by atoms with Gasteiger partial charge in [0.15, 0.2) is 0 Å². The van der Waals surface area contributed by atoms with E-state index in [1.54, 1.807) is 5.57 Å². The molecule has 0 aromatic rings. The number of ether oxygens (including phenoxy) is 1. The minimum Gasteiger partial charge on any atom is -0.381 e. The van der Waals surface area contributed by atoms with E-state index >= 15 is 0 Å². The first kappa shape index (κ1) is 11.2. The Kier molecular flexibility index (Phi) is 4.21. The minimum atomic E-state index is 0.524. The molecule has 0 aromatic carbocycles. The number of methoxy groups -OCH3 is 1. The molecular formula is C13H23NO. The van der Waals surface area contributed by atoms with Crippen molar-refractivity contribution in [1.29, 1.82) is 0 Å². The molecule has 0 radical (unpaired) electrons. The summed E-state index contributed by atoms with van der Waals surface area (Å²) in [6.07, 6.45) is 12.1. The van der Waals surface area contributed by atoms with E-state index in [2.05, 4.69) is 11.4 Å². The maximum atomic E-state index is 5.26. The van der Waals surface area contributed by atoms with Crippen molar-refractivity contribution in [2.75, 3.05) is 13.7 Å². The summed E-state index contributed by atoms with van der Waals surface area (Å²) in [6, 6.07) is 0.721. The highest BCUT2D eigenvalue weighted by molar-refractivity contribution is 5.05. The van der Waals surface area contributed by atoms with Gasteiger partial charge in [-0.1, -0.05) is 11.6 Å². The molecule has 0 atom stereocenters. The van der Waals surface area contributed by atoms with E-state index in [1.807, 2.05) is 7.11 Å². The Morgan fingerprint density at radius 2 is 2.27 bits per heavy atom. The van der Waals surface area contributed by atoms with Crippen molar-refractivity contribution < 1.29 is 4.74 Å². The Morgan fingerprint density at radius 3 is 2.93 bits per heavy atom. The van der Waals surface area contributed by atoms with Gasteiger partial charge >= 0.3 is 0 Å². The molecule has 0 aromatic heterocycles. The lowest BCUT2D eigenvalue weighted by molar-refractivity contribution is 0.0177. The molecule has 0 amide bonds. The van der Waals surface area contributed by atoms with Gasteiger partial charge in [0.25, 0.3) is 0 Å². The maximum absolute atomic E-state index is 5.26. The van der Waals surface area contributed by atoms with Crippen molar-refractivity contribution >= 4 is 0 Å². The third-order valence-corrected chi connectivity index (χ3v) is 3.69. The third kappa shape index (κ3) is 3.32. The smallest absolute Gasteiger partial charge is 0.0601 e. The van der Waals surface area contributed by atoms with Gasteiger partial charge in [-0.2, -0.15) is 0 Å². The number of allylic oxidation sites excluding steroid dienone is 1. The molecule has 0 spiro atoms. The van der Waals surface area contributed by atoms with Crippen LogP contribution in [-0.2, 0) is 4.74 Å². The molecule has 0 saturated heterocycles. The van der Waals surface area contributed by atoms with Crippen LogP contribution in [0.5, 0.6) is 0 Å². The minimum absolute atomic E-state index is 0.524. The summed E-state index contributed by atoms with van der Waals surface area (Å²) in [5.41, 5.74) is 1.68. The standard InChI is InChI=1S/C13H23NO/c1-15-13-9-12(10-13)14-8-7-11-5-3-2-4-6-11/h5,12-14H,2-4,6-10H2,1H3. The Hall–Kier alpha value is -0.340. The van der Waals surface area contributed by atoms with E-state index in [4.69, 9.17) is 4.74 Å². The van der Waals surface area contributed by atoms with Gasteiger partial charge < -0.3 is 10.1 Å². The highest BCUT2D eigenvalue weighted by atomic mass is 16.5. The van der Waals surface area contributed by atoms with Crippen LogP contribution >= 0.6 is 0 Å². The second-order valence-electron chi connectivity index (χ2n) is 4.84. The highest BCUT2D eigenvalue weighted by Gasteiger charge is 2.27. The van der Waals surface area contributed by atoms with Gasteiger partial charge in [0, 0.05) is 13.2 Å². The van der Waals surface area contributed by atoms with Crippen LogP contribution in [0.1, 0.15) is 44.9 Å². The fraction of sp³-hybridized carbons (Fsp3) is 0.846. The van der Waals surface area contributed by atoms with E-state index in [1.165, 1.54) is 44.9 Å². The first-order valence-electron chi connectivity index (χ1n) is 6.32. The zero-order valence-electron chi connectivity index (χ0n) is 9.80. The Labute approximate surface area is 93.1 Å². The van der Waals surface area contributed by atoms with E-state index < -0.39 is 0 Å². The number of hydrogen-bond donors (Lipinski definition) is 1. The fourth-order valence-corrected chi connectivity index (χ4v) is 2.49. The third-order valence-electron chi connectivity index (χ3n) is 3.69. The predicted octanol–water partition coefficient (Wildman–Crippen LogP) is 2.64. The monoisotopic (exact) mass is 209 g/mol. The lowest BCUT2D eigenvalue weighted by Crippen LogP contribution is -2.45. The summed E-state index contributed by atoms with van der Waals surface area (Å²) in [4.78, 5) is 0. The van der Waals surface area contributed by atoms with Crippen molar-refractivity contribution in [2.45, 2.75) is 57.1 Å². The molecule has 0 unspecified atom stereocenters. The van der Waals surface area contributed by atoms with E-state index in [0.717, 1.165) is 12.6 Å². The lowest BCUT2D eigenvalue weighted by atomic mass is 9.89. The summed E-state index contributed by atoms with van der Waals surface area (Å²) in [5.74, 6) is 0. The molecule has 2 heteroatoms. The summed E-state index contributed by atoms with van der Waals surface area (Å²) >= 11 is 0. The Balaban J connectivity index is 1.54. The molecule has 0 heterocycles.